The number of ether oxygens (including phenoxy) is 1. The van der Waals surface area contributed by atoms with Crippen molar-refractivity contribution in [2.24, 2.45) is 5.73 Å². The van der Waals surface area contributed by atoms with E-state index in [9.17, 15) is 9.59 Å². The molecule has 9 heteroatoms. The van der Waals surface area contributed by atoms with E-state index in [2.05, 4.69) is 32.5 Å². The molecular formula is C25H28N6O3. The van der Waals surface area contributed by atoms with Gasteiger partial charge in [0.25, 0.3) is 11.8 Å². The summed E-state index contributed by atoms with van der Waals surface area (Å²) < 4.78 is 5.68. The maximum absolute atomic E-state index is 13.1. The summed E-state index contributed by atoms with van der Waals surface area (Å²) in [5.74, 6) is -0.0171. The van der Waals surface area contributed by atoms with Crippen LogP contribution < -0.4 is 21.1 Å². The maximum Gasteiger partial charge on any atom is 0.270 e. The number of aromatic nitrogens is 2. The van der Waals surface area contributed by atoms with Gasteiger partial charge in [-0.3, -0.25) is 14.6 Å². The first-order valence-corrected chi connectivity index (χ1v) is 11.5. The second-order valence-electron chi connectivity index (χ2n) is 8.96. The lowest BCUT2D eigenvalue weighted by atomic mass is 10.0. The maximum atomic E-state index is 13.1. The largest absolute Gasteiger partial charge is 0.493 e. The molecule has 0 radical (unpaired) electrons. The summed E-state index contributed by atoms with van der Waals surface area (Å²) >= 11 is 0. The van der Waals surface area contributed by atoms with E-state index in [4.69, 9.17) is 10.5 Å². The van der Waals surface area contributed by atoms with Crippen molar-refractivity contribution >= 4 is 34.1 Å². The number of nitrogens with one attached hydrogen (secondary N) is 2. The second-order valence-corrected chi connectivity index (χ2v) is 8.96. The molecule has 3 aromatic rings. The zero-order valence-electron chi connectivity index (χ0n) is 19.4. The molecule has 34 heavy (non-hydrogen) atoms. The average molecular weight is 461 g/mol. The van der Waals surface area contributed by atoms with Crippen LogP contribution in [0.3, 0.4) is 0 Å². The van der Waals surface area contributed by atoms with Gasteiger partial charge in [0.15, 0.2) is 0 Å². The molecule has 0 bridgehead atoms. The third kappa shape index (κ3) is 4.14. The smallest absolute Gasteiger partial charge is 0.270 e. The van der Waals surface area contributed by atoms with Gasteiger partial charge >= 0.3 is 0 Å². The highest BCUT2D eigenvalue weighted by Crippen LogP contribution is 2.36. The number of nitrogens with two attached hydrogens (primary N) is 1. The molecule has 2 amide bonds. The number of hydrogen-bond donors (Lipinski definition) is 3. The number of aryl methyl sites for hydroxylation is 1. The summed E-state index contributed by atoms with van der Waals surface area (Å²) in [4.78, 5) is 36.6. The van der Waals surface area contributed by atoms with Crippen LogP contribution in [-0.2, 0) is 6.42 Å². The van der Waals surface area contributed by atoms with Gasteiger partial charge in [0.1, 0.15) is 11.4 Å². The standard InChI is InChI=1S/C25H28N6O3/c1-14-22-17(12-20(28-14)25(33)29-15-6-9-31(2)10-7-15)23(18(13-27-22)24(26)32)30-19-4-3-5-21-16(19)8-11-34-21/h3-5,12-13,15H,6-11H2,1-2H3,(H2,26,32)(H,27,30)(H,29,33). The van der Waals surface area contributed by atoms with E-state index in [0.717, 1.165) is 49.4 Å². The van der Waals surface area contributed by atoms with Crippen LogP contribution in [-0.4, -0.2) is 59.5 Å². The number of piperidine rings is 1. The zero-order valence-corrected chi connectivity index (χ0v) is 19.4. The highest BCUT2D eigenvalue weighted by molar-refractivity contribution is 6.09. The lowest BCUT2D eigenvalue weighted by Gasteiger charge is -2.29. The molecular weight excluding hydrogens is 432 g/mol. The van der Waals surface area contributed by atoms with Crippen molar-refractivity contribution in [2.45, 2.75) is 32.2 Å². The fourth-order valence-electron chi connectivity index (χ4n) is 4.68. The number of benzene rings is 1. The Balaban J connectivity index is 1.56. The minimum atomic E-state index is -0.604. The molecule has 0 spiro atoms. The number of fused-ring (bicyclic) bond motifs is 2. The Kier molecular flexibility index (Phi) is 5.79. The molecule has 176 valence electrons. The van der Waals surface area contributed by atoms with Crippen molar-refractivity contribution in [2.75, 3.05) is 32.1 Å². The van der Waals surface area contributed by atoms with E-state index >= 15 is 0 Å². The van der Waals surface area contributed by atoms with Gasteiger partial charge < -0.3 is 26.0 Å². The Hall–Kier alpha value is -3.72. The van der Waals surface area contributed by atoms with Crippen LogP contribution in [0.2, 0.25) is 0 Å². The molecule has 2 aliphatic rings. The Morgan fingerprint density at radius 3 is 2.79 bits per heavy atom. The van der Waals surface area contributed by atoms with E-state index in [-0.39, 0.29) is 23.2 Å². The molecule has 5 rings (SSSR count). The normalized spacial score (nSPS) is 16.2. The van der Waals surface area contributed by atoms with Crippen LogP contribution in [0.4, 0.5) is 11.4 Å². The number of rotatable bonds is 5. The number of likely N-dealkylation sites (tertiary alicyclic amines) is 1. The van der Waals surface area contributed by atoms with Gasteiger partial charge in [-0.15, -0.1) is 0 Å². The van der Waals surface area contributed by atoms with Gasteiger partial charge in [-0.25, -0.2) is 4.98 Å². The van der Waals surface area contributed by atoms with Crippen LogP contribution in [0.15, 0.2) is 30.5 Å². The zero-order chi connectivity index (χ0) is 23.8. The van der Waals surface area contributed by atoms with E-state index in [1.807, 2.05) is 25.1 Å². The first kappa shape index (κ1) is 22.1. The van der Waals surface area contributed by atoms with Crippen molar-refractivity contribution < 1.29 is 14.3 Å². The van der Waals surface area contributed by atoms with Gasteiger partial charge in [-0.1, -0.05) is 6.07 Å². The minimum Gasteiger partial charge on any atom is -0.493 e. The van der Waals surface area contributed by atoms with E-state index in [0.29, 0.717) is 28.9 Å². The SMILES string of the molecule is Cc1nc(C(=O)NC2CCN(C)CC2)cc2c(Nc3cccc4c3CCO4)c(C(N)=O)cnc12. The molecule has 1 saturated heterocycles. The fraction of sp³-hybridized carbons (Fsp3) is 0.360. The van der Waals surface area contributed by atoms with Gasteiger partial charge in [-0.05, 0) is 58.1 Å². The monoisotopic (exact) mass is 460 g/mol. The number of nitrogens with zero attached hydrogens (tertiary/aromatic N) is 3. The lowest BCUT2D eigenvalue weighted by molar-refractivity contribution is 0.0911. The summed E-state index contributed by atoms with van der Waals surface area (Å²) in [6.45, 7) is 4.31. The molecule has 1 aromatic carbocycles. The van der Waals surface area contributed by atoms with Crippen LogP contribution in [0, 0.1) is 6.92 Å². The first-order valence-electron chi connectivity index (χ1n) is 11.5. The Bertz CT molecular complexity index is 1280. The van der Waals surface area contributed by atoms with Gasteiger partial charge in [0.05, 0.1) is 29.1 Å². The highest BCUT2D eigenvalue weighted by Gasteiger charge is 2.23. The second kappa shape index (κ2) is 8.90. The Morgan fingerprint density at radius 2 is 2.03 bits per heavy atom. The molecule has 9 nitrogen and oxygen atoms in total. The van der Waals surface area contributed by atoms with Crippen LogP contribution in [0.1, 0.15) is 44.9 Å². The summed E-state index contributed by atoms with van der Waals surface area (Å²) in [5, 5.41) is 7.12. The van der Waals surface area contributed by atoms with Crippen molar-refractivity contribution in [1.29, 1.82) is 0 Å². The molecule has 0 saturated carbocycles. The summed E-state index contributed by atoms with van der Waals surface area (Å²) in [7, 11) is 2.08. The Morgan fingerprint density at radius 1 is 1.24 bits per heavy atom. The lowest BCUT2D eigenvalue weighted by Crippen LogP contribution is -2.43. The fourth-order valence-corrected chi connectivity index (χ4v) is 4.68. The summed E-state index contributed by atoms with van der Waals surface area (Å²) in [5.41, 5.74) is 9.82. The molecule has 2 aliphatic heterocycles. The number of hydrogen-bond acceptors (Lipinski definition) is 7. The predicted octanol–water partition coefficient (Wildman–Crippen LogP) is 2.54. The molecule has 2 aromatic heterocycles. The number of anilines is 2. The van der Waals surface area contributed by atoms with Crippen molar-refractivity contribution in [3.05, 3.63) is 53.0 Å². The van der Waals surface area contributed by atoms with E-state index in [1.165, 1.54) is 6.20 Å². The topological polar surface area (TPSA) is 122 Å². The minimum absolute atomic E-state index is 0.112. The van der Waals surface area contributed by atoms with Crippen molar-refractivity contribution in [1.82, 2.24) is 20.2 Å². The van der Waals surface area contributed by atoms with E-state index < -0.39 is 5.91 Å². The molecule has 0 aliphatic carbocycles. The molecule has 1 fully saturated rings. The molecule has 4 heterocycles. The number of carbonyl (C=O) groups is 2. The predicted molar refractivity (Wildman–Crippen MR) is 130 cm³/mol. The number of primary amides is 1. The molecule has 0 atom stereocenters. The van der Waals surface area contributed by atoms with Crippen LogP contribution in [0.5, 0.6) is 5.75 Å². The van der Waals surface area contributed by atoms with E-state index in [1.54, 1.807) is 6.07 Å². The third-order valence-electron chi connectivity index (χ3n) is 6.58. The third-order valence-corrected chi connectivity index (χ3v) is 6.58. The number of amides is 2. The molecule has 4 N–H and O–H groups in total. The van der Waals surface area contributed by atoms with Crippen LogP contribution in [0.25, 0.3) is 10.9 Å². The number of carbonyl (C=O) groups excluding carboxylic acids is 2. The van der Waals surface area contributed by atoms with Crippen LogP contribution >= 0.6 is 0 Å². The molecule has 0 unspecified atom stereocenters. The summed E-state index contributed by atoms with van der Waals surface area (Å²) in [6.07, 6.45) is 4.02. The highest BCUT2D eigenvalue weighted by atomic mass is 16.5. The first-order chi connectivity index (χ1) is 16.4. The quantitative estimate of drug-likeness (QED) is 0.535. The average Bonchev–Trinajstić information content (AvgIpc) is 3.30. The van der Waals surface area contributed by atoms with Gasteiger partial charge in [-0.2, -0.15) is 0 Å². The van der Waals surface area contributed by atoms with Crippen molar-refractivity contribution in [3.63, 3.8) is 0 Å². The summed E-state index contributed by atoms with van der Waals surface area (Å²) in [6, 6.07) is 7.56. The number of pyridine rings is 2. The Labute approximate surface area is 197 Å². The van der Waals surface area contributed by atoms with Gasteiger partial charge in [0, 0.05) is 35.3 Å². The van der Waals surface area contributed by atoms with Gasteiger partial charge in [0.2, 0.25) is 0 Å². The van der Waals surface area contributed by atoms with Crippen molar-refractivity contribution in [3.8, 4) is 5.75 Å².